The molecule has 7 nitrogen and oxygen atoms in total. The molecule has 1 aliphatic carbocycles. The molecule has 1 aliphatic heterocycles. The second-order valence-corrected chi connectivity index (χ2v) is 12.0. The van der Waals surface area contributed by atoms with Crippen LogP contribution in [0.2, 0.25) is 0 Å². The number of imidazole rings is 1. The second-order valence-electron chi connectivity index (χ2n) is 12.0. The van der Waals surface area contributed by atoms with Gasteiger partial charge in [0.2, 0.25) is 0 Å². The minimum Gasteiger partial charge on any atom is -0.494 e. The van der Waals surface area contributed by atoms with E-state index in [0.717, 1.165) is 75.3 Å². The highest BCUT2D eigenvalue weighted by molar-refractivity contribution is 5.69. The van der Waals surface area contributed by atoms with E-state index in [1.54, 1.807) is 18.2 Å². The first-order valence-corrected chi connectivity index (χ1v) is 15.7. The standard InChI is InChI=1S/C35H43FN4O3/c1-3-34(41)43-33-10-5-9-32(33)35(25-40-21-17-38-26(40)2,29-7-4-8-30(36)23-29)28-15-19-39(20-16-28)18-6-22-42-31-13-11-27(24-37)12-14-31/h4,7-8,11-14,17,21,23,28,32-33H,3,5-6,9-10,15-16,18-20,22,25H2,1-2H3/t32-,33-,35-/m0/s1. The van der Waals surface area contributed by atoms with Crippen LogP contribution < -0.4 is 4.74 Å². The van der Waals surface area contributed by atoms with E-state index in [0.29, 0.717) is 25.1 Å². The zero-order chi connectivity index (χ0) is 30.2. The van der Waals surface area contributed by atoms with E-state index in [-0.39, 0.29) is 29.7 Å². The molecule has 2 heterocycles. The summed E-state index contributed by atoms with van der Waals surface area (Å²) in [7, 11) is 0. The summed E-state index contributed by atoms with van der Waals surface area (Å²) in [6, 6.07) is 16.5. The first-order chi connectivity index (χ1) is 20.9. The van der Waals surface area contributed by atoms with Crippen LogP contribution in [0.4, 0.5) is 4.39 Å². The lowest BCUT2D eigenvalue weighted by molar-refractivity contribution is -0.152. The molecular weight excluding hydrogens is 543 g/mol. The number of carbonyl (C=O) groups is 1. The van der Waals surface area contributed by atoms with Gasteiger partial charge in [-0.1, -0.05) is 19.1 Å². The van der Waals surface area contributed by atoms with E-state index in [4.69, 9.17) is 14.7 Å². The number of carbonyl (C=O) groups excluding carboxylic acids is 1. The normalized spacial score (nSPS) is 20.8. The van der Waals surface area contributed by atoms with E-state index >= 15 is 0 Å². The van der Waals surface area contributed by atoms with E-state index < -0.39 is 5.41 Å². The van der Waals surface area contributed by atoms with Gasteiger partial charge in [-0.25, -0.2) is 9.37 Å². The van der Waals surface area contributed by atoms with Crippen molar-refractivity contribution in [1.82, 2.24) is 14.5 Å². The molecule has 2 fully saturated rings. The third kappa shape index (κ3) is 7.10. The fourth-order valence-corrected chi connectivity index (χ4v) is 7.40. The average Bonchev–Trinajstić information content (AvgIpc) is 3.67. The molecule has 2 aliphatic rings. The molecule has 228 valence electrons. The number of nitrogens with zero attached hydrogens (tertiary/aromatic N) is 4. The van der Waals surface area contributed by atoms with Gasteiger partial charge in [-0.05, 0) is 106 Å². The van der Waals surface area contributed by atoms with E-state index in [1.165, 1.54) is 6.07 Å². The lowest BCUT2D eigenvalue weighted by atomic mass is 9.58. The van der Waals surface area contributed by atoms with Gasteiger partial charge in [-0.15, -0.1) is 0 Å². The van der Waals surface area contributed by atoms with Crippen LogP contribution in [-0.2, 0) is 21.5 Å². The summed E-state index contributed by atoms with van der Waals surface area (Å²) in [5.41, 5.74) is 1.22. The Morgan fingerprint density at radius 3 is 2.60 bits per heavy atom. The number of ether oxygens (including phenoxy) is 2. The molecule has 0 N–H and O–H groups in total. The van der Waals surface area contributed by atoms with Gasteiger partial charge in [0.25, 0.3) is 0 Å². The van der Waals surface area contributed by atoms with Gasteiger partial charge >= 0.3 is 5.97 Å². The molecule has 3 atom stereocenters. The molecule has 0 bridgehead atoms. The van der Waals surface area contributed by atoms with Crippen molar-refractivity contribution in [2.24, 2.45) is 11.8 Å². The molecule has 1 saturated heterocycles. The number of aromatic nitrogens is 2. The molecule has 43 heavy (non-hydrogen) atoms. The molecule has 3 aromatic rings. The topological polar surface area (TPSA) is 80.4 Å². The summed E-state index contributed by atoms with van der Waals surface area (Å²) >= 11 is 0. The van der Waals surface area contributed by atoms with Crippen molar-refractivity contribution in [2.45, 2.75) is 76.9 Å². The maximum absolute atomic E-state index is 14.9. The lowest BCUT2D eigenvalue weighted by Gasteiger charge is -2.50. The number of hydrogen-bond donors (Lipinski definition) is 0. The Morgan fingerprint density at radius 2 is 1.93 bits per heavy atom. The third-order valence-corrected chi connectivity index (χ3v) is 9.59. The summed E-state index contributed by atoms with van der Waals surface area (Å²) in [5, 5.41) is 8.99. The van der Waals surface area contributed by atoms with Crippen molar-refractivity contribution in [1.29, 1.82) is 5.26 Å². The highest BCUT2D eigenvalue weighted by atomic mass is 19.1. The zero-order valence-electron chi connectivity index (χ0n) is 25.4. The molecule has 0 spiro atoms. The van der Waals surface area contributed by atoms with Crippen molar-refractivity contribution in [3.05, 3.63) is 83.7 Å². The number of esters is 1. The molecule has 0 amide bonds. The highest BCUT2D eigenvalue weighted by Crippen LogP contribution is 2.52. The third-order valence-electron chi connectivity index (χ3n) is 9.59. The summed E-state index contributed by atoms with van der Waals surface area (Å²) in [6.45, 7) is 7.99. The number of halogens is 1. The van der Waals surface area contributed by atoms with Gasteiger partial charge in [0.15, 0.2) is 0 Å². The van der Waals surface area contributed by atoms with Crippen LogP contribution in [0.3, 0.4) is 0 Å². The van der Waals surface area contributed by atoms with Crippen molar-refractivity contribution in [3.8, 4) is 11.8 Å². The van der Waals surface area contributed by atoms with Crippen molar-refractivity contribution in [2.75, 3.05) is 26.2 Å². The predicted molar refractivity (Wildman–Crippen MR) is 163 cm³/mol. The fourth-order valence-electron chi connectivity index (χ4n) is 7.40. The van der Waals surface area contributed by atoms with Crippen LogP contribution in [0.5, 0.6) is 5.75 Å². The lowest BCUT2D eigenvalue weighted by Crippen LogP contribution is -2.52. The number of piperidine rings is 1. The molecule has 0 radical (unpaired) electrons. The summed E-state index contributed by atoms with van der Waals surface area (Å²) < 4.78 is 29.2. The van der Waals surface area contributed by atoms with Gasteiger partial charge < -0.3 is 18.9 Å². The minimum atomic E-state index is -0.409. The smallest absolute Gasteiger partial charge is 0.305 e. The maximum Gasteiger partial charge on any atom is 0.305 e. The monoisotopic (exact) mass is 586 g/mol. The Labute approximate surface area is 254 Å². The largest absolute Gasteiger partial charge is 0.494 e. The summed E-state index contributed by atoms with van der Waals surface area (Å²) in [5.74, 6) is 1.69. The minimum absolute atomic E-state index is 0.0870. The molecule has 2 aromatic carbocycles. The number of aryl methyl sites for hydroxylation is 1. The van der Waals surface area contributed by atoms with Gasteiger partial charge in [-0.3, -0.25) is 4.79 Å². The van der Waals surface area contributed by atoms with Gasteiger partial charge in [-0.2, -0.15) is 5.26 Å². The molecule has 0 unspecified atom stereocenters. The zero-order valence-corrected chi connectivity index (χ0v) is 25.4. The molecule has 5 rings (SSSR count). The first-order valence-electron chi connectivity index (χ1n) is 15.7. The van der Waals surface area contributed by atoms with Crippen LogP contribution in [0.25, 0.3) is 0 Å². The van der Waals surface area contributed by atoms with E-state index in [2.05, 4.69) is 26.6 Å². The Kier molecular flexibility index (Phi) is 10.1. The van der Waals surface area contributed by atoms with Crippen molar-refractivity contribution in [3.63, 3.8) is 0 Å². The molecular formula is C35H43FN4O3. The fraction of sp³-hybridized carbons (Fsp3) is 0.514. The van der Waals surface area contributed by atoms with Crippen molar-refractivity contribution < 1.29 is 18.7 Å². The Hall–Kier alpha value is -3.70. The Balaban J connectivity index is 1.35. The second kappa shape index (κ2) is 14.2. The SMILES string of the molecule is CCC(=O)O[C@H]1CCC[C@@H]1[C@](Cn1ccnc1C)(c1cccc(F)c1)C1CCN(CCCOc2ccc(C#N)cc2)CC1. The van der Waals surface area contributed by atoms with Crippen LogP contribution in [0.15, 0.2) is 60.9 Å². The first kappa shape index (κ1) is 30.7. The average molecular weight is 587 g/mol. The van der Waals surface area contributed by atoms with Crippen LogP contribution in [0, 0.1) is 35.9 Å². The Bertz CT molecular complexity index is 1390. The maximum atomic E-state index is 14.9. The van der Waals surface area contributed by atoms with Gasteiger partial charge in [0.05, 0.1) is 18.2 Å². The quantitative estimate of drug-likeness (QED) is 0.179. The van der Waals surface area contributed by atoms with Crippen LogP contribution in [-0.4, -0.2) is 52.8 Å². The van der Waals surface area contributed by atoms with Gasteiger partial charge in [0.1, 0.15) is 23.5 Å². The number of benzene rings is 2. The number of hydrogen-bond acceptors (Lipinski definition) is 6. The highest BCUT2D eigenvalue weighted by Gasteiger charge is 2.53. The van der Waals surface area contributed by atoms with E-state index in [9.17, 15) is 9.18 Å². The predicted octanol–water partition coefficient (Wildman–Crippen LogP) is 6.44. The molecule has 1 aromatic heterocycles. The van der Waals surface area contributed by atoms with Gasteiger partial charge in [0, 0.05) is 43.2 Å². The summed E-state index contributed by atoms with van der Waals surface area (Å²) in [6.07, 6.45) is 9.66. The molecule has 8 heteroatoms. The molecule has 1 saturated carbocycles. The van der Waals surface area contributed by atoms with E-state index in [1.807, 2.05) is 44.4 Å². The number of nitriles is 1. The number of rotatable bonds is 12. The Morgan fingerprint density at radius 1 is 1.14 bits per heavy atom. The van der Waals surface area contributed by atoms with Crippen LogP contribution >= 0.6 is 0 Å². The summed E-state index contributed by atoms with van der Waals surface area (Å²) in [4.78, 5) is 19.6. The van der Waals surface area contributed by atoms with Crippen LogP contribution in [0.1, 0.15) is 68.8 Å². The van der Waals surface area contributed by atoms with Crippen molar-refractivity contribution >= 4 is 5.97 Å². The number of likely N-dealkylation sites (tertiary alicyclic amines) is 1.